The number of benzene rings is 3. The third-order valence-electron chi connectivity index (χ3n) is 5.10. The Morgan fingerprint density at radius 2 is 1.86 bits per heavy atom. The van der Waals surface area contributed by atoms with E-state index >= 15 is 0 Å². The van der Waals surface area contributed by atoms with Crippen LogP contribution >= 0.6 is 11.8 Å². The van der Waals surface area contributed by atoms with Crippen molar-refractivity contribution in [2.24, 2.45) is 0 Å². The van der Waals surface area contributed by atoms with Crippen molar-refractivity contribution >= 4 is 29.0 Å². The van der Waals surface area contributed by atoms with Crippen LogP contribution in [0.15, 0.2) is 71.6 Å². The number of hydrogen-bond acceptors (Lipinski definition) is 4. The molecule has 1 heterocycles. The van der Waals surface area contributed by atoms with Crippen molar-refractivity contribution in [2.45, 2.75) is 18.4 Å². The van der Waals surface area contributed by atoms with Crippen LogP contribution in [0, 0.1) is 6.92 Å². The number of carbonyl (C=O) groups is 1. The number of fused-ring (bicyclic) bond motifs is 1. The third kappa shape index (κ3) is 4.25. The van der Waals surface area contributed by atoms with Gasteiger partial charge in [-0.1, -0.05) is 30.3 Å². The molecule has 0 spiro atoms. The fraction of sp³-hybridized carbons (Fsp3) is 0.208. The first-order chi connectivity index (χ1) is 14.2. The number of nitrogens with zero attached hydrogens (tertiary/aromatic N) is 1. The molecular formula is C24H24N2O2S. The molecule has 0 saturated heterocycles. The van der Waals surface area contributed by atoms with Crippen LogP contribution in [0.3, 0.4) is 0 Å². The Hall–Kier alpha value is -2.92. The molecule has 0 atom stereocenters. The Morgan fingerprint density at radius 3 is 2.62 bits per heavy atom. The van der Waals surface area contributed by atoms with Gasteiger partial charge in [-0.2, -0.15) is 0 Å². The summed E-state index contributed by atoms with van der Waals surface area (Å²) in [5.74, 6) is 0.648. The van der Waals surface area contributed by atoms with Crippen LogP contribution < -0.4 is 15.0 Å². The lowest BCUT2D eigenvalue weighted by Gasteiger charge is -2.32. The molecule has 3 aromatic rings. The summed E-state index contributed by atoms with van der Waals surface area (Å²) in [4.78, 5) is 16.1. The zero-order valence-corrected chi connectivity index (χ0v) is 17.5. The molecular weight excluding hydrogens is 380 g/mol. The van der Waals surface area contributed by atoms with E-state index in [2.05, 4.69) is 47.7 Å². The van der Waals surface area contributed by atoms with Gasteiger partial charge in [0.15, 0.2) is 0 Å². The van der Waals surface area contributed by atoms with Gasteiger partial charge in [-0.25, -0.2) is 0 Å². The van der Waals surface area contributed by atoms with E-state index in [0.717, 1.165) is 23.5 Å². The van der Waals surface area contributed by atoms with Crippen LogP contribution in [0.5, 0.6) is 5.75 Å². The first-order valence-electron chi connectivity index (χ1n) is 9.67. The van der Waals surface area contributed by atoms with Crippen LogP contribution in [0.4, 0.5) is 11.4 Å². The number of nitrogens with one attached hydrogen (secondary N) is 1. The van der Waals surface area contributed by atoms with E-state index in [9.17, 15) is 4.79 Å². The highest BCUT2D eigenvalue weighted by molar-refractivity contribution is 7.98. The minimum absolute atomic E-state index is 0.0987. The van der Waals surface area contributed by atoms with Crippen molar-refractivity contribution < 1.29 is 9.53 Å². The average molecular weight is 405 g/mol. The molecule has 0 unspecified atom stereocenters. The monoisotopic (exact) mass is 404 g/mol. The fourth-order valence-corrected chi connectivity index (χ4v) is 3.91. The molecule has 4 nitrogen and oxygen atoms in total. The fourth-order valence-electron chi connectivity index (χ4n) is 3.51. The lowest BCUT2D eigenvalue weighted by atomic mass is 10.1. The molecule has 0 saturated carbocycles. The number of para-hydroxylation sites is 1. The second kappa shape index (κ2) is 8.62. The van der Waals surface area contributed by atoms with Crippen molar-refractivity contribution in [3.8, 4) is 5.75 Å². The number of rotatable bonds is 5. The van der Waals surface area contributed by atoms with E-state index in [-0.39, 0.29) is 5.91 Å². The lowest BCUT2D eigenvalue weighted by molar-refractivity contribution is 0.0950. The zero-order valence-electron chi connectivity index (χ0n) is 16.6. The number of carbonyl (C=O) groups excluding carboxylic acids is 1. The summed E-state index contributed by atoms with van der Waals surface area (Å²) in [6.07, 6.45) is 2.05. The molecule has 1 aliphatic heterocycles. The minimum atomic E-state index is -0.0987. The molecule has 0 aliphatic carbocycles. The Kier molecular flexibility index (Phi) is 5.76. The van der Waals surface area contributed by atoms with Crippen molar-refractivity contribution in [1.29, 1.82) is 0 Å². The van der Waals surface area contributed by atoms with Crippen LogP contribution in [0.25, 0.3) is 0 Å². The number of amides is 1. The number of thioether (sulfide) groups is 1. The van der Waals surface area contributed by atoms with Gasteiger partial charge in [0.05, 0.1) is 12.2 Å². The Balaban J connectivity index is 1.50. The van der Waals surface area contributed by atoms with Gasteiger partial charge in [0.25, 0.3) is 5.91 Å². The number of hydrogen-bond donors (Lipinski definition) is 1. The predicted molar refractivity (Wildman–Crippen MR) is 120 cm³/mol. The smallest absolute Gasteiger partial charge is 0.251 e. The van der Waals surface area contributed by atoms with Crippen molar-refractivity contribution in [1.82, 2.24) is 5.32 Å². The van der Waals surface area contributed by atoms with Gasteiger partial charge in [-0.15, -0.1) is 11.8 Å². The zero-order chi connectivity index (χ0) is 20.2. The van der Waals surface area contributed by atoms with Crippen LogP contribution in [0.1, 0.15) is 21.5 Å². The van der Waals surface area contributed by atoms with Gasteiger partial charge >= 0.3 is 0 Å². The summed E-state index contributed by atoms with van der Waals surface area (Å²) < 4.78 is 5.87. The summed E-state index contributed by atoms with van der Waals surface area (Å²) in [6.45, 7) is 3.99. The lowest BCUT2D eigenvalue weighted by Crippen LogP contribution is -2.29. The quantitative estimate of drug-likeness (QED) is 0.595. The molecule has 3 aromatic carbocycles. The van der Waals surface area contributed by atoms with E-state index in [1.165, 1.54) is 16.1 Å². The van der Waals surface area contributed by atoms with Gasteiger partial charge in [0.2, 0.25) is 0 Å². The Morgan fingerprint density at radius 1 is 1.07 bits per heavy atom. The molecule has 4 rings (SSSR count). The molecule has 1 N–H and O–H groups in total. The number of ether oxygens (including phenoxy) is 1. The first-order valence-corrected chi connectivity index (χ1v) is 10.9. The van der Waals surface area contributed by atoms with E-state index in [0.29, 0.717) is 18.7 Å². The van der Waals surface area contributed by atoms with Gasteiger partial charge in [-0.05, 0) is 60.7 Å². The highest BCUT2D eigenvalue weighted by atomic mass is 32.2. The van der Waals surface area contributed by atoms with Gasteiger partial charge < -0.3 is 15.0 Å². The molecule has 1 aliphatic rings. The summed E-state index contributed by atoms with van der Waals surface area (Å²) in [6, 6.07) is 22.2. The van der Waals surface area contributed by atoms with Gasteiger partial charge in [0, 0.05) is 22.7 Å². The molecule has 1 amide bonds. The Bertz CT molecular complexity index is 1020. The van der Waals surface area contributed by atoms with Crippen molar-refractivity contribution in [3.05, 3.63) is 83.4 Å². The molecule has 148 valence electrons. The molecule has 5 heteroatoms. The normalized spacial score (nSPS) is 12.8. The summed E-state index contributed by atoms with van der Waals surface area (Å²) in [7, 11) is 0. The van der Waals surface area contributed by atoms with Crippen LogP contribution in [0.2, 0.25) is 0 Å². The Labute approximate surface area is 175 Å². The summed E-state index contributed by atoms with van der Waals surface area (Å²) in [5.41, 5.74) is 5.07. The van der Waals surface area contributed by atoms with Gasteiger partial charge in [0.1, 0.15) is 12.4 Å². The topological polar surface area (TPSA) is 41.6 Å². The number of aryl methyl sites for hydroxylation is 1. The highest BCUT2D eigenvalue weighted by Gasteiger charge is 2.22. The first kappa shape index (κ1) is 19.4. The molecule has 0 radical (unpaired) electrons. The largest absolute Gasteiger partial charge is 0.490 e. The molecule has 29 heavy (non-hydrogen) atoms. The maximum Gasteiger partial charge on any atom is 0.251 e. The van der Waals surface area contributed by atoms with Crippen LogP contribution in [-0.2, 0) is 6.54 Å². The summed E-state index contributed by atoms with van der Waals surface area (Å²) in [5, 5.41) is 3.00. The van der Waals surface area contributed by atoms with Crippen LogP contribution in [-0.4, -0.2) is 25.3 Å². The van der Waals surface area contributed by atoms with Crippen molar-refractivity contribution in [2.75, 3.05) is 24.3 Å². The second-order valence-electron chi connectivity index (χ2n) is 7.00. The van der Waals surface area contributed by atoms with E-state index in [4.69, 9.17) is 4.74 Å². The van der Waals surface area contributed by atoms with E-state index < -0.39 is 0 Å². The molecule has 0 bridgehead atoms. The van der Waals surface area contributed by atoms with Gasteiger partial charge in [-0.3, -0.25) is 4.79 Å². The highest BCUT2D eigenvalue weighted by Crippen LogP contribution is 2.38. The average Bonchev–Trinajstić information content (AvgIpc) is 2.77. The maximum atomic E-state index is 12.6. The molecule has 0 aromatic heterocycles. The standard InChI is InChI=1S/C24H24N2O2S/c1-17-5-3-4-6-21(17)26-13-14-28-23-15-19(9-12-22(23)26)24(27)25-16-18-7-10-20(29-2)11-8-18/h3-12,15H,13-14,16H2,1-2H3,(H,25,27). The predicted octanol–water partition coefficient (Wildman–Crippen LogP) is 5.18. The van der Waals surface area contributed by atoms with Crippen molar-refractivity contribution in [3.63, 3.8) is 0 Å². The summed E-state index contributed by atoms with van der Waals surface area (Å²) >= 11 is 1.71. The minimum Gasteiger partial charge on any atom is -0.490 e. The number of anilines is 2. The SMILES string of the molecule is CSc1ccc(CNC(=O)c2ccc3c(c2)OCCN3c2ccccc2C)cc1. The van der Waals surface area contributed by atoms with E-state index in [1.807, 2.05) is 42.5 Å². The third-order valence-corrected chi connectivity index (χ3v) is 5.85. The van der Waals surface area contributed by atoms with E-state index in [1.54, 1.807) is 11.8 Å². The molecule has 0 fully saturated rings. The maximum absolute atomic E-state index is 12.6. The second-order valence-corrected chi connectivity index (χ2v) is 7.88.